The molecule has 1 heterocycles. The van der Waals surface area contributed by atoms with Gasteiger partial charge in [0.1, 0.15) is 11.6 Å². The third-order valence-electron chi connectivity index (χ3n) is 3.52. The quantitative estimate of drug-likeness (QED) is 0.774. The second-order valence-corrected chi connectivity index (χ2v) is 5.75. The molecule has 1 rings (SSSR count). The lowest BCUT2D eigenvalue weighted by molar-refractivity contribution is -0.155. The summed E-state index contributed by atoms with van der Waals surface area (Å²) in [6.45, 7) is 13.8. The molecule has 2 amide bonds. The number of carbonyl (C=O) groups is 2. The number of rotatable bonds is 4. The van der Waals surface area contributed by atoms with Gasteiger partial charge in [-0.25, -0.2) is 0 Å². The van der Waals surface area contributed by atoms with Crippen molar-refractivity contribution >= 4 is 11.8 Å². The minimum atomic E-state index is -0.780. The van der Waals surface area contributed by atoms with E-state index >= 15 is 0 Å². The van der Waals surface area contributed by atoms with Crippen LogP contribution in [0.15, 0.2) is 12.2 Å². The first-order chi connectivity index (χ1) is 8.23. The molecule has 0 spiro atoms. The minimum Gasteiger partial charge on any atom is -0.340 e. The average Bonchev–Trinajstić information content (AvgIpc) is 2.24. The first-order valence-electron chi connectivity index (χ1n) is 6.50. The monoisotopic (exact) mass is 252 g/mol. The third-order valence-corrected chi connectivity index (χ3v) is 3.52. The highest BCUT2D eigenvalue weighted by Crippen LogP contribution is 2.25. The lowest BCUT2D eigenvalue weighted by Gasteiger charge is -2.45. The highest BCUT2D eigenvalue weighted by molar-refractivity contribution is 5.99. The van der Waals surface area contributed by atoms with Crippen LogP contribution in [0.25, 0.3) is 0 Å². The molecule has 1 fully saturated rings. The molecule has 0 radical (unpaired) electrons. The molecule has 0 saturated carbocycles. The van der Waals surface area contributed by atoms with Crippen LogP contribution in [-0.4, -0.2) is 34.8 Å². The predicted molar refractivity (Wildman–Crippen MR) is 72.0 cm³/mol. The molecule has 0 aromatic heterocycles. The van der Waals surface area contributed by atoms with Crippen molar-refractivity contribution in [3.05, 3.63) is 12.2 Å². The van der Waals surface area contributed by atoms with Crippen LogP contribution in [0.4, 0.5) is 0 Å². The Bertz CT molecular complexity index is 376. The molecule has 1 aliphatic heterocycles. The van der Waals surface area contributed by atoms with Crippen molar-refractivity contribution in [1.29, 1.82) is 0 Å². The number of carbonyl (C=O) groups excluding carboxylic acids is 2. The Balaban J connectivity index is 3.12. The highest BCUT2D eigenvalue weighted by Gasteiger charge is 2.47. The number of amides is 2. The van der Waals surface area contributed by atoms with Gasteiger partial charge in [0.05, 0.1) is 0 Å². The van der Waals surface area contributed by atoms with E-state index in [1.54, 1.807) is 11.8 Å². The summed E-state index contributed by atoms with van der Waals surface area (Å²) in [4.78, 5) is 26.4. The molecule has 2 atom stereocenters. The van der Waals surface area contributed by atoms with Crippen molar-refractivity contribution < 1.29 is 9.59 Å². The van der Waals surface area contributed by atoms with E-state index in [-0.39, 0.29) is 17.7 Å². The van der Waals surface area contributed by atoms with Crippen LogP contribution in [0, 0.1) is 5.92 Å². The van der Waals surface area contributed by atoms with Crippen LogP contribution >= 0.6 is 0 Å². The Hall–Kier alpha value is -1.32. The molecule has 102 valence electrons. The van der Waals surface area contributed by atoms with E-state index in [0.29, 0.717) is 13.0 Å². The fourth-order valence-corrected chi connectivity index (χ4v) is 2.35. The molecule has 18 heavy (non-hydrogen) atoms. The Morgan fingerprint density at radius 1 is 1.50 bits per heavy atom. The summed E-state index contributed by atoms with van der Waals surface area (Å²) in [6.07, 6.45) is 0.592. The van der Waals surface area contributed by atoms with Gasteiger partial charge in [-0.2, -0.15) is 0 Å². The fraction of sp³-hybridized carbons (Fsp3) is 0.714. The van der Waals surface area contributed by atoms with E-state index in [1.165, 1.54) is 0 Å². The molecule has 0 aromatic carbocycles. The third kappa shape index (κ3) is 2.57. The SMILES string of the molecule is C=C(C)CN1C(=O)C(C)(CC)NC(=O)C1C(C)C. The molecule has 2 unspecified atom stereocenters. The van der Waals surface area contributed by atoms with Crippen LogP contribution in [0.3, 0.4) is 0 Å². The standard InChI is InChI=1S/C14H24N2O2/c1-7-14(6)13(18)16(8-9(2)3)11(10(4)5)12(17)15-14/h10-11H,2,7-8H2,1,3-6H3,(H,15,17). The van der Waals surface area contributed by atoms with Gasteiger partial charge in [0, 0.05) is 6.54 Å². The van der Waals surface area contributed by atoms with Crippen molar-refractivity contribution in [2.45, 2.75) is 52.6 Å². The highest BCUT2D eigenvalue weighted by atomic mass is 16.2. The van der Waals surface area contributed by atoms with Gasteiger partial charge in [-0.15, -0.1) is 0 Å². The fourth-order valence-electron chi connectivity index (χ4n) is 2.35. The first-order valence-corrected chi connectivity index (χ1v) is 6.50. The van der Waals surface area contributed by atoms with Gasteiger partial charge in [0.25, 0.3) is 0 Å². The Labute approximate surface area is 109 Å². The number of nitrogens with one attached hydrogen (secondary N) is 1. The zero-order valence-corrected chi connectivity index (χ0v) is 12.0. The van der Waals surface area contributed by atoms with Gasteiger partial charge in [0.15, 0.2) is 0 Å². The topological polar surface area (TPSA) is 49.4 Å². The molecule has 1 saturated heterocycles. The van der Waals surface area contributed by atoms with E-state index in [4.69, 9.17) is 0 Å². The van der Waals surface area contributed by atoms with Gasteiger partial charge in [-0.3, -0.25) is 9.59 Å². The average molecular weight is 252 g/mol. The second-order valence-electron chi connectivity index (χ2n) is 5.75. The van der Waals surface area contributed by atoms with Crippen LogP contribution < -0.4 is 5.32 Å². The molecule has 4 nitrogen and oxygen atoms in total. The smallest absolute Gasteiger partial charge is 0.249 e. The van der Waals surface area contributed by atoms with Crippen LogP contribution in [0.2, 0.25) is 0 Å². The predicted octanol–water partition coefficient (Wildman–Crippen LogP) is 1.71. The summed E-state index contributed by atoms with van der Waals surface area (Å²) in [5.41, 5.74) is 0.111. The van der Waals surface area contributed by atoms with E-state index in [1.807, 2.05) is 27.7 Å². The summed E-state index contributed by atoms with van der Waals surface area (Å²) in [6, 6.07) is -0.395. The maximum Gasteiger partial charge on any atom is 0.249 e. The largest absolute Gasteiger partial charge is 0.340 e. The second kappa shape index (κ2) is 5.12. The lowest BCUT2D eigenvalue weighted by Crippen LogP contribution is -2.70. The van der Waals surface area contributed by atoms with Crippen LogP contribution in [-0.2, 0) is 9.59 Å². The number of nitrogens with zero attached hydrogens (tertiary/aromatic N) is 1. The van der Waals surface area contributed by atoms with Gasteiger partial charge in [-0.05, 0) is 26.2 Å². The molecule has 1 aliphatic rings. The zero-order valence-electron chi connectivity index (χ0n) is 12.0. The normalized spacial score (nSPS) is 28.6. The molecule has 0 aromatic rings. The molecular formula is C14H24N2O2. The van der Waals surface area contributed by atoms with Crippen molar-refractivity contribution in [3.8, 4) is 0 Å². The summed E-state index contributed by atoms with van der Waals surface area (Å²) in [5, 5.41) is 2.87. The lowest BCUT2D eigenvalue weighted by atomic mass is 9.88. The first kappa shape index (κ1) is 14.7. The van der Waals surface area contributed by atoms with Crippen molar-refractivity contribution in [1.82, 2.24) is 10.2 Å². The Morgan fingerprint density at radius 3 is 2.44 bits per heavy atom. The van der Waals surface area contributed by atoms with Crippen molar-refractivity contribution in [3.63, 3.8) is 0 Å². The molecule has 1 N–H and O–H groups in total. The number of hydrogen-bond acceptors (Lipinski definition) is 2. The summed E-state index contributed by atoms with van der Waals surface area (Å²) in [7, 11) is 0. The zero-order chi connectivity index (χ0) is 14.1. The minimum absolute atomic E-state index is 0.00806. The number of hydrogen-bond donors (Lipinski definition) is 1. The van der Waals surface area contributed by atoms with E-state index < -0.39 is 11.6 Å². The molecule has 4 heteroatoms. The summed E-state index contributed by atoms with van der Waals surface area (Å²) < 4.78 is 0. The maximum atomic E-state index is 12.5. The van der Waals surface area contributed by atoms with Crippen molar-refractivity contribution in [2.75, 3.05) is 6.54 Å². The Kier molecular flexibility index (Phi) is 4.20. The van der Waals surface area contributed by atoms with Crippen LogP contribution in [0.5, 0.6) is 0 Å². The molecule has 0 bridgehead atoms. The number of piperazine rings is 1. The molecule has 0 aliphatic carbocycles. The van der Waals surface area contributed by atoms with Gasteiger partial charge < -0.3 is 10.2 Å². The van der Waals surface area contributed by atoms with E-state index in [2.05, 4.69) is 11.9 Å². The van der Waals surface area contributed by atoms with Gasteiger partial charge >= 0.3 is 0 Å². The van der Waals surface area contributed by atoms with Gasteiger partial charge in [0.2, 0.25) is 11.8 Å². The summed E-state index contributed by atoms with van der Waals surface area (Å²) >= 11 is 0. The van der Waals surface area contributed by atoms with Gasteiger partial charge in [-0.1, -0.05) is 32.9 Å². The van der Waals surface area contributed by atoms with Crippen molar-refractivity contribution in [2.24, 2.45) is 5.92 Å². The van der Waals surface area contributed by atoms with E-state index in [9.17, 15) is 9.59 Å². The van der Waals surface area contributed by atoms with Crippen LogP contribution in [0.1, 0.15) is 41.0 Å². The summed E-state index contributed by atoms with van der Waals surface area (Å²) in [5.74, 6) is 0.0243. The molecular weight excluding hydrogens is 228 g/mol. The Morgan fingerprint density at radius 2 is 2.06 bits per heavy atom. The van der Waals surface area contributed by atoms with E-state index in [0.717, 1.165) is 5.57 Å². The maximum absolute atomic E-state index is 12.5.